The Kier molecular flexibility index (Phi) is 5.48. The van der Waals surface area contributed by atoms with Crippen molar-refractivity contribution in [2.75, 3.05) is 19.1 Å². The summed E-state index contributed by atoms with van der Waals surface area (Å²) < 4.78 is 22.2. The van der Waals surface area contributed by atoms with E-state index in [0.717, 1.165) is 11.3 Å². The second-order valence-electron chi connectivity index (χ2n) is 6.94. The lowest BCUT2D eigenvalue weighted by Gasteiger charge is -2.07. The van der Waals surface area contributed by atoms with Gasteiger partial charge in [-0.1, -0.05) is 5.21 Å². The largest absolute Gasteiger partial charge is 0.494 e. The van der Waals surface area contributed by atoms with Gasteiger partial charge in [-0.15, -0.1) is 5.10 Å². The molecule has 0 unspecified atom stereocenters. The zero-order valence-corrected chi connectivity index (χ0v) is 17.8. The van der Waals surface area contributed by atoms with E-state index in [-0.39, 0.29) is 29.8 Å². The zero-order chi connectivity index (χ0) is 23.5. The maximum atomic E-state index is 13.0. The van der Waals surface area contributed by atoms with Crippen LogP contribution in [0, 0.1) is 0 Å². The van der Waals surface area contributed by atoms with Crippen LogP contribution in [0.1, 0.15) is 23.0 Å². The van der Waals surface area contributed by atoms with E-state index in [2.05, 4.69) is 35.8 Å². The number of benzene rings is 2. The fourth-order valence-electron chi connectivity index (χ4n) is 3.26. The lowest BCUT2D eigenvalue weighted by atomic mass is 10.1. The number of hydrogen-bond donors (Lipinski definition) is 2. The zero-order valence-electron chi connectivity index (χ0n) is 17.8. The van der Waals surface area contributed by atoms with E-state index >= 15 is 0 Å². The fourth-order valence-corrected chi connectivity index (χ4v) is 3.26. The molecule has 0 saturated heterocycles. The molecule has 4 aromatic rings. The van der Waals surface area contributed by atoms with Crippen LogP contribution in [0.15, 0.2) is 52.2 Å². The third-order valence-electron chi connectivity index (χ3n) is 4.80. The Morgan fingerprint density at radius 2 is 2.03 bits per heavy atom. The highest BCUT2D eigenvalue weighted by Crippen LogP contribution is 2.37. The van der Waals surface area contributed by atoms with Gasteiger partial charge in [0.05, 0.1) is 12.8 Å². The SMILES string of the molecule is CCOc1ccc(/C=N/NC(=O)c2nnn(-c3nonc3N)c2-c2ccc3c(c2)OCO3)cc1. The second kappa shape index (κ2) is 8.90. The molecule has 1 amide bonds. The van der Waals surface area contributed by atoms with Gasteiger partial charge >= 0.3 is 0 Å². The first-order valence-electron chi connectivity index (χ1n) is 10.1. The molecule has 5 rings (SSSR count). The molecular formula is C21H18N8O5. The van der Waals surface area contributed by atoms with Gasteiger partial charge < -0.3 is 19.9 Å². The highest BCUT2D eigenvalue weighted by molar-refractivity contribution is 5.99. The summed E-state index contributed by atoms with van der Waals surface area (Å²) in [6.45, 7) is 2.59. The number of fused-ring (bicyclic) bond motifs is 1. The van der Waals surface area contributed by atoms with Crippen molar-refractivity contribution in [3.63, 3.8) is 0 Å². The molecule has 2 aromatic heterocycles. The number of carbonyl (C=O) groups is 1. The summed E-state index contributed by atoms with van der Waals surface area (Å²) in [5.41, 5.74) is 9.88. The van der Waals surface area contributed by atoms with Crippen molar-refractivity contribution < 1.29 is 23.6 Å². The summed E-state index contributed by atoms with van der Waals surface area (Å²) in [6.07, 6.45) is 1.50. The Balaban J connectivity index is 1.44. The van der Waals surface area contributed by atoms with Crippen molar-refractivity contribution in [1.82, 2.24) is 30.7 Å². The van der Waals surface area contributed by atoms with Crippen molar-refractivity contribution in [2.45, 2.75) is 6.92 Å². The van der Waals surface area contributed by atoms with Gasteiger partial charge in [0.1, 0.15) is 11.4 Å². The molecular weight excluding hydrogens is 444 g/mol. The van der Waals surface area contributed by atoms with Crippen LogP contribution in [0.2, 0.25) is 0 Å². The number of nitrogen functional groups attached to an aromatic ring is 1. The molecule has 1 aliphatic heterocycles. The summed E-state index contributed by atoms with van der Waals surface area (Å²) >= 11 is 0. The monoisotopic (exact) mass is 462 g/mol. The number of nitrogens with one attached hydrogen (secondary N) is 1. The summed E-state index contributed by atoms with van der Waals surface area (Å²) in [5, 5.41) is 19.4. The highest BCUT2D eigenvalue weighted by Gasteiger charge is 2.26. The van der Waals surface area contributed by atoms with Crippen LogP contribution in [0.4, 0.5) is 5.82 Å². The molecule has 1 aliphatic rings. The normalized spacial score (nSPS) is 12.3. The molecule has 172 valence electrons. The van der Waals surface area contributed by atoms with Crippen molar-refractivity contribution >= 4 is 17.9 Å². The van der Waals surface area contributed by atoms with Gasteiger partial charge in [0.2, 0.25) is 18.4 Å². The van der Waals surface area contributed by atoms with Gasteiger partial charge in [0, 0.05) is 5.56 Å². The molecule has 13 nitrogen and oxygen atoms in total. The van der Waals surface area contributed by atoms with Crippen LogP contribution in [0.3, 0.4) is 0 Å². The average molecular weight is 462 g/mol. The summed E-state index contributed by atoms with van der Waals surface area (Å²) in [6, 6.07) is 12.4. The van der Waals surface area contributed by atoms with Crippen molar-refractivity contribution in [1.29, 1.82) is 0 Å². The van der Waals surface area contributed by atoms with E-state index in [1.165, 1.54) is 10.9 Å². The number of nitrogens with zero attached hydrogens (tertiary/aromatic N) is 6. The maximum absolute atomic E-state index is 13.0. The van der Waals surface area contributed by atoms with Crippen LogP contribution < -0.4 is 25.4 Å². The van der Waals surface area contributed by atoms with Gasteiger partial charge in [-0.05, 0) is 65.3 Å². The third kappa shape index (κ3) is 3.97. The van der Waals surface area contributed by atoms with Crippen LogP contribution in [-0.4, -0.2) is 50.8 Å². The second-order valence-corrected chi connectivity index (χ2v) is 6.94. The lowest BCUT2D eigenvalue weighted by molar-refractivity contribution is 0.0950. The smallest absolute Gasteiger partial charge is 0.294 e. The number of carbonyl (C=O) groups excluding carboxylic acids is 1. The number of hydrogen-bond acceptors (Lipinski definition) is 11. The predicted molar refractivity (Wildman–Crippen MR) is 118 cm³/mol. The Bertz CT molecular complexity index is 1360. The van der Waals surface area contributed by atoms with Gasteiger partial charge in [-0.3, -0.25) is 4.79 Å². The van der Waals surface area contributed by atoms with Gasteiger partial charge in [-0.2, -0.15) is 9.78 Å². The molecule has 34 heavy (non-hydrogen) atoms. The number of anilines is 1. The quantitative estimate of drug-likeness (QED) is 0.305. The number of amides is 1. The van der Waals surface area contributed by atoms with Gasteiger partial charge in [-0.25, -0.2) is 10.1 Å². The van der Waals surface area contributed by atoms with E-state index < -0.39 is 5.91 Å². The van der Waals surface area contributed by atoms with E-state index in [4.69, 9.17) is 19.9 Å². The van der Waals surface area contributed by atoms with Crippen molar-refractivity contribution in [2.24, 2.45) is 5.10 Å². The fraction of sp³-hybridized carbons (Fsp3) is 0.143. The standard InChI is InChI=1S/C21H18N8O5/c1-2-31-14-6-3-12(4-7-14)10-23-25-21(30)17-18(13-5-8-15-16(9-13)33-11-32-15)29(28-24-17)20-19(22)26-34-27-20/h3-10H,2,11H2,1H3,(H2,22,26)(H,25,30)/b23-10+. The van der Waals surface area contributed by atoms with E-state index in [9.17, 15) is 4.79 Å². The molecule has 0 radical (unpaired) electrons. The van der Waals surface area contributed by atoms with Crippen LogP contribution >= 0.6 is 0 Å². The minimum absolute atomic E-state index is 0.0210. The Labute approximate surface area is 192 Å². The topological polar surface area (TPSA) is 165 Å². The highest BCUT2D eigenvalue weighted by atomic mass is 16.7. The van der Waals surface area contributed by atoms with Gasteiger partial charge in [0.25, 0.3) is 5.91 Å². The van der Waals surface area contributed by atoms with Gasteiger partial charge in [0.15, 0.2) is 17.2 Å². The summed E-state index contributed by atoms with van der Waals surface area (Å²) in [5.74, 6) is 1.30. The van der Waals surface area contributed by atoms with Crippen LogP contribution in [0.5, 0.6) is 17.2 Å². The number of aromatic nitrogens is 5. The number of hydrazone groups is 1. The van der Waals surface area contributed by atoms with Crippen molar-refractivity contribution in [3.05, 3.63) is 53.7 Å². The maximum Gasteiger partial charge on any atom is 0.294 e. The minimum atomic E-state index is -0.601. The summed E-state index contributed by atoms with van der Waals surface area (Å²) in [7, 11) is 0. The molecule has 0 atom stereocenters. The minimum Gasteiger partial charge on any atom is -0.494 e. The van der Waals surface area contributed by atoms with Crippen molar-refractivity contribution in [3.8, 4) is 34.3 Å². The molecule has 0 spiro atoms. The van der Waals surface area contributed by atoms with E-state index in [0.29, 0.717) is 23.7 Å². The van der Waals surface area contributed by atoms with E-state index in [1.807, 2.05) is 31.2 Å². The molecule has 0 bridgehead atoms. The lowest BCUT2D eigenvalue weighted by Crippen LogP contribution is -2.19. The Morgan fingerprint density at radius 3 is 2.79 bits per heavy atom. The predicted octanol–water partition coefficient (Wildman–Crippen LogP) is 1.79. The third-order valence-corrected chi connectivity index (χ3v) is 4.80. The Morgan fingerprint density at radius 1 is 1.21 bits per heavy atom. The first kappa shape index (κ1) is 20.9. The number of ether oxygens (including phenoxy) is 3. The number of nitrogens with two attached hydrogens (primary N) is 1. The molecule has 3 N–H and O–H groups in total. The first-order valence-corrected chi connectivity index (χ1v) is 10.1. The average Bonchev–Trinajstić information content (AvgIpc) is 3.58. The van der Waals surface area contributed by atoms with E-state index in [1.54, 1.807) is 18.2 Å². The molecule has 0 aliphatic carbocycles. The molecule has 2 aromatic carbocycles. The van der Waals surface area contributed by atoms with Crippen LogP contribution in [-0.2, 0) is 0 Å². The number of rotatable bonds is 7. The summed E-state index contributed by atoms with van der Waals surface area (Å²) in [4.78, 5) is 13.0. The first-order chi connectivity index (χ1) is 16.6. The molecule has 0 fully saturated rings. The Hall–Kier alpha value is -4.94. The molecule has 0 saturated carbocycles. The molecule has 13 heteroatoms. The molecule has 3 heterocycles. The van der Waals surface area contributed by atoms with Crippen LogP contribution in [0.25, 0.3) is 17.1 Å².